The van der Waals surface area contributed by atoms with Crippen molar-refractivity contribution < 1.29 is 24.3 Å². The predicted octanol–water partition coefficient (Wildman–Crippen LogP) is 3.94. The van der Waals surface area contributed by atoms with E-state index in [1.807, 2.05) is 37.3 Å². The van der Waals surface area contributed by atoms with E-state index in [0.717, 1.165) is 0 Å². The van der Waals surface area contributed by atoms with E-state index in [0.29, 0.717) is 23.6 Å². The van der Waals surface area contributed by atoms with Gasteiger partial charge in [-0.1, -0.05) is 25.1 Å². The first kappa shape index (κ1) is 21.7. The van der Waals surface area contributed by atoms with Crippen molar-refractivity contribution in [2.24, 2.45) is 0 Å². The van der Waals surface area contributed by atoms with Gasteiger partial charge in [0.2, 0.25) is 0 Å². The standard InChI is InChI=1S/C24H24N2O5/c1-3-22(24(29)25-23(28)17-9-11-19(27)12-10-17)26(18-7-5-4-6-8-18)31-21-15-13-20(30-2)14-16-21/h4-16,22,27H,3H2,1-2H3,(H,25,28,29). The number of amides is 2. The van der Waals surface area contributed by atoms with Crippen LogP contribution in [0.5, 0.6) is 17.2 Å². The fourth-order valence-corrected chi connectivity index (χ4v) is 2.96. The van der Waals surface area contributed by atoms with E-state index in [4.69, 9.17) is 9.57 Å². The van der Waals surface area contributed by atoms with E-state index < -0.39 is 17.9 Å². The average molecular weight is 420 g/mol. The summed E-state index contributed by atoms with van der Waals surface area (Å²) in [5, 5.41) is 13.3. The molecule has 0 aliphatic heterocycles. The molecule has 31 heavy (non-hydrogen) atoms. The number of ether oxygens (including phenoxy) is 1. The summed E-state index contributed by atoms with van der Waals surface area (Å²) in [5.41, 5.74) is 0.931. The minimum Gasteiger partial charge on any atom is -0.508 e. The maximum absolute atomic E-state index is 13.0. The van der Waals surface area contributed by atoms with Crippen molar-refractivity contribution in [2.45, 2.75) is 19.4 Å². The fraction of sp³-hybridized carbons (Fsp3) is 0.167. The van der Waals surface area contributed by atoms with Crippen molar-refractivity contribution in [3.63, 3.8) is 0 Å². The van der Waals surface area contributed by atoms with Crippen LogP contribution in [0.4, 0.5) is 5.69 Å². The van der Waals surface area contributed by atoms with Crippen LogP contribution in [-0.2, 0) is 4.79 Å². The van der Waals surface area contributed by atoms with Crippen LogP contribution in [0.15, 0.2) is 78.9 Å². The quantitative estimate of drug-likeness (QED) is 0.537. The molecule has 2 N–H and O–H groups in total. The highest BCUT2D eigenvalue weighted by molar-refractivity contribution is 6.06. The number of imide groups is 1. The molecule has 0 saturated carbocycles. The molecule has 7 heteroatoms. The molecular weight excluding hydrogens is 396 g/mol. The van der Waals surface area contributed by atoms with Crippen LogP contribution in [0.25, 0.3) is 0 Å². The number of benzene rings is 3. The summed E-state index contributed by atoms with van der Waals surface area (Å²) < 4.78 is 5.17. The number of carbonyl (C=O) groups excluding carboxylic acids is 2. The highest BCUT2D eigenvalue weighted by Gasteiger charge is 2.28. The van der Waals surface area contributed by atoms with E-state index in [9.17, 15) is 14.7 Å². The summed E-state index contributed by atoms with van der Waals surface area (Å²) in [6.07, 6.45) is 0.389. The van der Waals surface area contributed by atoms with Crippen molar-refractivity contribution in [3.8, 4) is 17.2 Å². The molecule has 3 aromatic carbocycles. The lowest BCUT2D eigenvalue weighted by molar-refractivity contribution is -0.122. The predicted molar refractivity (Wildman–Crippen MR) is 117 cm³/mol. The number of phenols is 1. The molecule has 2 amide bonds. The number of phenolic OH excluding ortho intramolecular Hbond substituents is 1. The molecule has 0 aliphatic rings. The SMILES string of the molecule is CCC(C(=O)NC(=O)c1ccc(O)cc1)N(Oc1ccc(OC)cc1)c1ccccc1. The maximum Gasteiger partial charge on any atom is 0.257 e. The number of nitrogens with zero attached hydrogens (tertiary/aromatic N) is 1. The van der Waals surface area contributed by atoms with Gasteiger partial charge in [-0.05, 0) is 67.1 Å². The van der Waals surface area contributed by atoms with Crippen molar-refractivity contribution in [1.82, 2.24) is 5.32 Å². The summed E-state index contributed by atoms with van der Waals surface area (Å²) in [6.45, 7) is 1.84. The van der Waals surface area contributed by atoms with Crippen LogP contribution in [-0.4, -0.2) is 30.1 Å². The Morgan fingerprint density at radius 1 is 0.935 bits per heavy atom. The van der Waals surface area contributed by atoms with Crippen LogP contribution in [0.1, 0.15) is 23.7 Å². The van der Waals surface area contributed by atoms with Gasteiger partial charge in [-0.3, -0.25) is 14.9 Å². The molecule has 3 aromatic rings. The first-order valence-electron chi connectivity index (χ1n) is 9.82. The number of aromatic hydroxyl groups is 1. The van der Waals surface area contributed by atoms with Crippen LogP contribution >= 0.6 is 0 Å². The fourth-order valence-electron chi connectivity index (χ4n) is 2.96. The molecule has 0 heterocycles. The number of methoxy groups -OCH3 is 1. The van der Waals surface area contributed by atoms with E-state index in [-0.39, 0.29) is 11.3 Å². The molecule has 0 radical (unpaired) electrons. The Hall–Kier alpha value is -4.00. The summed E-state index contributed by atoms with van der Waals surface area (Å²) in [4.78, 5) is 31.5. The number of carbonyl (C=O) groups is 2. The first-order chi connectivity index (χ1) is 15.0. The van der Waals surface area contributed by atoms with E-state index >= 15 is 0 Å². The average Bonchev–Trinajstić information content (AvgIpc) is 2.80. The molecular formula is C24H24N2O5. The van der Waals surface area contributed by atoms with Gasteiger partial charge in [0.05, 0.1) is 12.8 Å². The molecule has 160 valence electrons. The lowest BCUT2D eigenvalue weighted by atomic mass is 10.1. The van der Waals surface area contributed by atoms with Crippen molar-refractivity contribution in [2.75, 3.05) is 12.2 Å². The van der Waals surface area contributed by atoms with Crippen LogP contribution < -0.4 is 20.0 Å². The Morgan fingerprint density at radius 3 is 2.13 bits per heavy atom. The third kappa shape index (κ3) is 5.54. The number of hydrogen-bond acceptors (Lipinski definition) is 6. The minimum absolute atomic E-state index is 0.0393. The van der Waals surface area contributed by atoms with Crippen LogP contribution in [0.3, 0.4) is 0 Å². The monoisotopic (exact) mass is 420 g/mol. The molecule has 1 atom stereocenters. The van der Waals surface area contributed by atoms with Gasteiger partial charge < -0.3 is 14.7 Å². The Morgan fingerprint density at radius 2 is 1.55 bits per heavy atom. The Kier molecular flexibility index (Phi) is 7.11. The van der Waals surface area contributed by atoms with Crippen molar-refractivity contribution in [1.29, 1.82) is 0 Å². The normalized spacial score (nSPS) is 11.3. The van der Waals surface area contributed by atoms with E-state index in [1.54, 1.807) is 31.4 Å². The lowest BCUT2D eigenvalue weighted by Crippen LogP contribution is -2.50. The first-order valence-corrected chi connectivity index (χ1v) is 9.82. The smallest absolute Gasteiger partial charge is 0.257 e. The zero-order valence-corrected chi connectivity index (χ0v) is 17.3. The van der Waals surface area contributed by atoms with E-state index in [2.05, 4.69) is 5.32 Å². The summed E-state index contributed by atoms with van der Waals surface area (Å²) in [7, 11) is 1.58. The second-order valence-corrected chi connectivity index (χ2v) is 6.72. The number of para-hydroxylation sites is 1. The van der Waals surface area contributed by atoms with Gasteiger partial charge in [-0.25, -0.2) is 0 Å². The summed E-state index contributed by atoms with van der Waals surface area (Å²) in [5.74, 6) is 0.181. The largest absolute Gasteiger partial charge is 0.508 e. The molecule has 0 spiro atoms. The second kappa shape index (κ2) is 10.2. The third-order valence-electron chi connectivity index (χ3n) is 4.61. The highest BCUT2D eigenvalue weighted by atomic mass is 16.7. The van der Waals surface area contributed by atoms with Crippen LogP contribution in [0.2, 0.25) is 0 Å². The van der Waals surface area contributed by atoms with Gasteiger partial charge in [0.15, 0.2) is 5.75 Å². The lowest BCUT2D eigenvalue weighted by Gasteiger charge is -2.31. The molecule has 0 bridgehead atoms. The zero-order valence-electron chi connectivity index (χ0n) is 17.3. The highest BCUT2D eigenvalue weighted by Crippen LogP contribution is 2.24. The second-order valence-electron chi connectivity index (χ2n) is 6.72. The Labute approximate surface area is 180 Å². The molecule has 1 unspecified atom stereocenters. The van der Waals surface area contributed by atoms with Gasteiger partial charge in [0.25, 0.3) is 11.8 Å². The van der Waals surface area contributed by atoms with Crippen molar-refractivity contribution in [3.05, 3.63) is 84.4 Å². The molecule has 0 fully saturated rings. The Bertz CT molecular complexity index is 1000. The molecule has 0 aromatic heterocycles. The summed E-state index contributed by atoms with van der Waals surface area (Å²) >= 11 is 0. The topological polar surface area (TPSA) is 88.1 Å². The van der Waals surface area contributed by atoms with Gasteiger partial charge in [-0.15, -0.1) is 0 Å². The number of nitrogens with one attached hydrogen (secondary N) is 1. The third-order valence-corrected chi connectivity index (χ3v) is 4.61. The Balaban J connectivity index is 1.83. The molecule has 0 saturated heterocycles. The number of hydrogen-bond donors (Lipinski definition) is 2. The maximum atomic E-state index is 13.0. The van der Waals surface area contributed by atoms with E-state index in [1.165, 1.54) is 29.3 Å². The summed E-state index contributed by atoms with van der Waals surface area (Å²) in [6, 6.07) is 21.1. The number of rotatable bonds is 8. The van der Waals surface area contributed by atoms with Gasteiger partial charge in [0, 0.05) is 5.56 Å². The molecule has 7 nitrogen and oxygen atoms in total. The minimum atomic E-state index is -0.773. The number of hydroxylamine groups is 1. The molecule has 0 aliphatic carbocycles. The molecule has 3 rings (SSSR count). The zero-order chi connectivity index (χ0) is 22.2. The van der Waals surface area contributed by atoms with Gasteiger partial charge >= 0.3 is 0 Å². The van der Waals surface area contributed by atoms with Crippen LogP contribution in [0, 0.1) is 0 Å². The van der Waals surface area contributed by atoms with Gasteiger partial charge in [0.1, 0.15) is 17.5 Å². The number of anilines is 1. The van der Waals surface area contributed by atoms with Crippen molar-refractivity contribution >= 4 is 17.5 Å². The van der Waals surface area contributed by atoms with Gasteiger partial charge in [-0.2, -0.15) is 5.06 Å².